The van der Waals surface area contributed by atoms with Gasteiger partial charge in [0.2, 0.25) is 0 Å². The van der Waals surface area contributed by atoms with Crippen molar-refractivity contribution in [2.45, 2.75) is 0 Å². The van der Waals surface area contributed by atoms with Crippen LogP contribution in [0, 0.1) is 0 Å². The Morgan fingerprint density at radius 3 is 1.61 bits per heavy atom. The molecule has 1 aromatic heterocycles. The van der Waals surface area contributed by atoms with Gasteiger partial charge in [0.25, 0.3) is 0 Å². The van der Waals surface area contributed by atoms with Crippen molar-refractivity contribution in [1.82, 2.24) is 0 Å². The van der Waals surface area contributed by atoms with Crippen LogP contribution in [-0.2, 0) is 0 Å². The lowest BCUT2D eigenvalue weighted by atomic mass is 9.94. The predicted molar refractivity (Wildman–Crippen MR) is 255 cm³/mol. The molecule has 0 spiro atoms. The number of nitrogens with zero attached hydrogens (tertiary/aromatic N) is 2. The van der Waals surface area contributed by atoms with Crippen molar-refractivity contribution in [3.05, 3.63) is 231 Å². The maximum atomic E-state index is 2.46. The fraction of sp³-hybridized carbons (Fsp3) is 0. The van der Waals surface area contributed by atoms with Crippen LogP contribution in [0.15, 0.2) is 231 Å². The van der Waals surface area contributed by atoms with Gasteiger partial charge in [0.15, 0.2) is 0 Å². The fourth-order valence-electron chi connectivity index (χ4n) is 8.71. The van der Waals surface area contributed by atoms with E-state index >= 15 is 0 Å². The number of rotatable bonds is 8. The summed E-state index contributed by atoms with van der Waals surface area (Å²) in [5, 5.41) is 8.53. The lowest BCUT2D eigenvalue weighted by Crippen LogP contribution is -2.11. The van der Waals surface area contributed by atoms with E-state index in [0.29, 0.717) is 0 Å². The Hall–Kier alpha value is -7.46. The van der Waals surface area contributed by atoms with Gasteiger partial charge < -0.3 is 9.80 Å². The van der Waals surface area contributed by atoms with Crippen LogP contribution in [0.1, 0.15) is 0 Å². The van der Waals surface area contributed by atoms with E-state index in [-0.39, 0.29) is 0 Å². The van der Waals surface area contributed by atoms with Gasteiger partial charge in [-0.15, -0.1) is 11.3 Å². The first-order valence-electron chi connectivity index (χ1n) is 20.1. The highest BCUT2D eigenvalue weighted by Gasteiger charge is 2.23. The Labute approximate surface area is 348 Å². The van der Waals surface area contributed by atoms with Crippen LogP contribution < -0.4 is 9.80 Å². The summed E-state index contributed by atoms with van der Waals surface area (Å²) >= 11 is 1.88. The van der Waals surface area contributed by atoms with E-state index in [0.717, 1.165) is 34.1 Å². The zero-order valence-electron chi connectivity index (χ0n) is 32.2. The second-order valence-electron chi connectivity index (χ2n) is 14.9. The molecule has 0 aliphatic heterocycles. The van der Waals surface area contributed by atoms with Gasteiger partial charge in [-0.3, -0.25) is 0 Å². The minimum absolute atomic E-state index is 1.12. The van der Waals surface area contributed by atoms with Crippen molar-refractivity contribution >= 4 is 87.9 Å². The van der Waals surface area contributed by atoms with Crippen molar-refractivity contribution in [1.29, 1.82) is 0 Å². The van der Waals surface area contributed by atoms with Gasteiger partial charge >= 0.3 is 0 Å². The largest absolute Gasteiger partial charge is 0.310 e. The van der Waals surface area contributed by atoms with Crippen LogP contribution in [0.2, 0.25) is 0 Å². The Balaban J connectivity index is 1.14. The summed E-state index contributed by atoms with van der Waals surface area (Å²) in [5.74, 6) is 0. The Morgan fingerprint density at radius 1 is 0.305 bits per heavy atom. The van der Waals surface area contributed by atoms with Crippen LogP contribution >= 0.6 is 11.3 Å². The third-order valence-electron chi connectivity index (χ3n) is 11.4. The third kappa shape index (κ3) is 6.20. The smallest absolute Gasteiger partial charge is 0.0540 e. The third-order valence-corrected chi connectivity index (χ3v) is 12.6. The molecule has 0 atom stereocenters. The van der Waals surface area contributed by atoms with Crippen molar-refractivity contribution in [2.75, 3.05) is 9.80 Å². The SMILES string of the molecule is c1ccc(-c2c(-c3ccc(N(c4ccc5ccccc5c4)c4cccc5ccccc45)c4ccccc34)sc3ccc(N(c4ccccc4)c4ccccc4)cc23)cc1. The zero-order chi connectivity index (χ0) is 39.1. The van der Waals surface area contributed by atoms with E-state index in [1.807, 2.05) is 11.3 Å². The monoisotopic (exact) mass is 770 g/mol. The number of benzene rings is 10. The predicted octanol–water partition coefficient (Wildman–Crippen LogP) is 16.6. The molecule has 10 aromatic carbocycles. The van der Waals surface area contributed by atoms with Crippen LogP contribution in [0.4, 0.5) is 34.1 Å². The molecule has 11 rings (SSSR count). The molecule has 0 saturated heterocycles. The van der Waals surface area contributed by atoms with E-state index in [9.17, 15) is 0 Å². The standard InChI is InChI=1S/C56H38N2S/c1-4-19-41(20-5-1)55-51-38-46(57(43-23-6-2-7-24-43)44-25-8-3-9-26-44)33-36-54(51)59-56(55)50-34-35-53(49-29-15-14-28-48(49)50)58(45-32-31-39-17-10-11-21-42(39)37-45)52-30-16-22-40-18-12-13-27-47(40)52/h1-38H. The van der Waals surface area contributed by atoms with E-state index in [1.54, 1.807) is 0 Å². The molecule has 3 heteroatoms. The van der Waals surface area contributed by atoms with Crippen LogP contribution in [0.25, 0.3) is 64.0 Å². The second kappa shape index (κ2) is 14.8. The number of thiophene rings is 1. The average Bonchev–Trinajstić information content (AvgIpc) is 3.69. The minimum atomic E-state index is 1.12. The molecule has 0 unspecified atom stereocenters. The molecule has 0 fully saturated rings. The molecule has 278 valence electrons. The molecular weight excluding hydrogens is 733 g/mol. The molecule has 2 nitrogen and oxygen atoms in total. The normalized spacial score (nSPS) is 11.4. The summed E-state index contributed by atoms with van der Waals surface area (Å²) in [5.41, 5.74) is 10.5. The van der Waals surface area contributed by atoms with Crippen LogP contribution in [-0.4, -0.2) is 0 Å². The maximum absolute atomic E-state index is 2.46. The highest BCUT2D eigenvalue weighted by atomic mass is 32.1. The molecule has 0 N–H and O–H groups in total. The number of anilines is 6. The van der Waals surface area contributed by atoms with E-state index < -0.39 is 0 Å². The van der Waals surface area contributed by atoms with Crippen molar-refractivity contribution in [2.24, 2.45) is 0 Å². The summed E-state index contributed by atoms with van der Waals surface area (Å²) in [6.07, 6.45) is 0. The zero-order valence-corrected chi connectivity index (χ0v) is 33.1. The van der Waals surface area contributed by atoms with Gasteiger partial charge in [-0.25, -0.2) is 0 Å². The number of para-hydroxylation sites is 2. The Morgan fingerprint density at radius 2 is 0.864 bits per heavy atom. The molecule has 11 aromatic rings. The molecule has 0 aliphatic rings. The summed E-state index contributed by atoms with van der Waals surface area (Å²) < 4.78 is 1.25. The molecule has 0 radical (unpaired) electrons. The first-order valence-corrected chi connectivity index (χ1v) is 20.9. The highest BCUT2D eigenvalue weighted by Crippen LogP contribution is 2.51. The van der Waals surface area contributed by atoms with Crippen molar-refractivity contribution in [3.8, 4) is 21.6 Å². The Kier molecular flexibility index (Phi) is 8.72. The molecule has 0 saturated carbocycles. The maximum Gasteiger partial charge on any atom is 0.0540 e. The summed E-state index contributed by atoms with van der Waals surface area (Å²) in [4.78, 5) is 6.07. The fourth-order valence-corrected chi connectivity index (χ4v) is 9.96. The number of hydrogen-bond donors (Lipinski definition) is 0. The molecule has 0 aliphatic carbocycles. The van der Waals surface area contributed by atoms with Gasteiger partial charge in [-0.2, -0.15) is 0 Å². The van der Waals surface area contributed by atoms with Gasteiger partial charge in [0, 0.05) is 59.6 Å². The van der Waals surface area contributed by atoms with Crippen LogP contribution in [0.3, 0.4) is 0 Å². The van der Waals surface area contributed by atoms with E-state index in [2.05, 4.69) is 240 Å². The number of hydrogen-bond acceptors (Lipinski definition) is 3. The lowest BCUT2D eigenvalue weighted by Gasteiger charge is -2.29. The molecule has 0 bridgehead atoms. The average molecular weight is 771 g/mol. The van der Waals surface area contributed by atoms with Gasteiger partial charge in [0.1, 0.15) is 0 Å². The summed E-state index contributed by atoms with van der Waals surface area (Å²) in [6, 6.07) is 83.6. The quantitative estimate of drug-likeness (QED) is 0.152. The second-order valence-corrected chi connectivity index (χ2v) is 16.0. The van der Waals surface area contributed by atoms with Gasteiger partial charge in [0.05, 0.1) is 11.4 Å². The summed E-state index contributed by atoms with van der Waals surface area (Å²) in [6.45, 7) is 0. The van der Waals surface area contributed by atoms with E-state index in [1.165, 1.54) is 64.0 Å². The van der Waals surface area contributed by atoms with Gasteiger partial charge in [-0.05, 0) is 93.8 Å². The van der Waals surface area contributed by atoms with Gasteiger partial charge in [-0.1, -0.05) is 164 Å². The molecular formula is C56H38N2S. The van der Waals surface area contributed by atoms with Crippen molar-refractivity contribution in [3.63, 3.8) is 0 Å². The summed E-state index contributed by atoms with van der Waals surface area (Å²) in [7, 11) is 0. The van der Waals surface area contributed by atoms with Crippen LogP contribution in [0.5, 0.6) is 0 Å². The van der Waals surface area contributed by atoms with E-state index in [4.69, 9.17) is 0 Å². The first kappa shape index (κ1) is 34.8. The minimum Gasteiger partial charge on any atom is -0.310 e. The molecule has 59 heavy (non-hydrogen) atoms. The number of fused-ring (bicyclic) bond motifs is 4. The molecule has 0 amide bonds. The van der Waals surface area contributed by atoms with Crippen molar-refractivity contribution < 1.29 is 0 Å². The topological polar surface area (TPSA) is 6.48 Å². The molecule has 1 heterocycles. The Bertz CT molecular complexity index is 3240. The first-order chi connectivity index (χ1) is 29.3. The highest BCUT2D eigenvalue weighted by molar-refractivity contribution is 7.23. The lowest BCUT2D eigenvalue weighted by molar-refractivity contribution is 1.29.